The number of aliphatic carboxylic acids is 1. The summed E-state index contributed by atoms with van der Waals surface area (Å²) < 4.78 is 0. The van der Waals surface area contributed by atoms with Crippen molar-refractivity contribution in [2.75, 3.05) is 18.9 Å². The van der Waals surface area contributed by atoms with E-state index in [9.17, 15) is 9.59 Å². The van der Waals surface area contributed by atoms with Crippen LogP contribution < -0.4 is 5.32 Å². The summed E-state index contributed by atoms with van der Waals surface area (Å²) in [6, 6.07) is 8.32. The van der Waals surface area contributed by atoms with E-state index in [1.54, 1.807) is 24.3 Å². The second-order valence-corrected chi connectivity index (χ2v) is 3.71. The first-order valence-corrected chi connectivity index (χ1v) is 5.22. The van der Waals surface area contributed by atoms with Crippen molar-refractivity contribution in [3.63, 3.8) is 0 Å². The lowest BCUT2D eigenvalue weighted by molar-refractivity contribution is -0.137. The third-order valence-corrected chi connectivity index (χ3v) is 2.21. The van der Waals surface area contributed by atoms with E-state index in [0.717, 1.165) is 10.5 Å². The molecule has 0 heterocycles. The number of rotatable bonds is 4. The summed E-state index contributed by atoms with van der Waals surface area (Å²) in [5.74, 6) is -1.07. The molecule has 0 spiro atoms. The summed E-state index contributed by atoms with van der Waals surface area (Å²) in [6.45, 7) is -0.363. The number of anilines is 1. The molecular formula is C12H13N3O3. The topological polar surface area (TPSA) is 93.4 Å². The Bertz CT molecular complexity index is 476. The number of nitrogens with zero attached hydrogens (tertiary/aromatic N) is 2. The van der Waals surface area contributed by atoms with Crippen molar-refractivity contribution < 1.29 is 14.7 Å². The van der Waals surface area contributed by atoms with Crippen LogP contribution in [0.25, 0.3) is 0 Å². The van der Waals surface area contributed by atoms with Gasteiger partial charge in [0.05, 0.1) is 12.5 Å². The van der Waals surface area contributed by atoms with E-state index in [0.29, 0.717) is 12.1 Å². The second kappa shape index (κ2) is 6.25. The average Bonchev–Trinajstić information content (AvgIpc) is 2.31. The minimum Gasteiger partial charge on any atom is -0.480 e. The normalized spacial score (nSPS) is 9.33. The Labute approximate surface area is 104 Å². The number of nitrogens with one attached hydrogen (secondary N) is 1. The van der Waals surface area contributed by atoms with Gasteiger partial charge in [-0.2, -0.15) is 5.26 Å². The zero-order chi connectivity index (χ0) is 13.5. The van der Waals surface area contributed by atoms with Crippen LogP contribution in [0.4, 0.5) is 10.5 Å². The van der Waals surface area contributed by atoms with Crippen molar-refractivity contribution >= 4 is 17.7 Å². The predicted octanol–water partition coefficient (Wildman–Crippen LogP) is 1.30. The predicted molar refractivity (Wildman–Crippen MR) is 65.0 cm³/mol. The summed E-state index contributed by atoms with van der Waals surface area (Å²) in [6.07, 6.45) is 0.313. The molecule has 1 rings (SSSR count). The maximum Gasteiger partial charge on any atom is 0.323 e. The highest BCUT2D eigenvalue weighted by Crippen LogP contribution is 2.10. The molecule has 1 aromatic carbocycles. The fraction of sp³-hybridized carbons (Fsp3) is 0.250. The fourth-order valence-electron chi connectivity index (χ4n) is 1.29. The van der Waals surface area contributed by atoms with E-state index in [2.05, 4.69) is 5.32 Å². The van der Waals surface area contributed by atoms with Crippen LogP contribution in [-0.2, 0) is 11.2 Å². The lowest BCUT2D eigenvalue weighted by Crippen LogP contribution is -2.35. The average molecular weight is 247 g/mol. The van der Waals surface area contributed by atoms with E-state index in [1.807, 2.05) is 6.07 Å². The van der Waals surface area contributed by atoms with Gasteiger partial charge in [-0.3, -0.25) is 4.79 Å². The van der Waals surface area contributed by atoms with Crippen molar-refractivity contribution in [1.29, 1.82) is 5.26 Å². The van der Waals surface area contributed by atoms with Crippen LogP contribution in [0.2, 0.25) is 0 Å². The van der Waals surface area contributed by atoms with E-state index >= 15 is 0 Å². The van der Waals surface area contributed by atoms with Crippen molar-refractivity contribution in [2.45, 2.75) is 6.42 Å². The number of hydrogen-bond donors (Lipinski definition) is 2. The standard InChI is InChI=1S/C12H13N3O3/c1-15(8-11(16)17)12(18)14-10-4-2-9(3-5-10)6-7-13/h2-5H,6,8H2,1H3,(H,14,18)(H,16,17). The van der Waals surface area contributed by atoms with Gasteiger partial charge in [-0.1, -0.05) is 12.1 Å². The molecule has 0 saturated heterocycles. The molecular weight excluding hydrogens is 234 g/mol. The van der Waals surface area contributed by atoms with Crippen molar-refractivity contribution in [1.82, 2.24) is 4.90 Å². The van der Waals surface area contributed by atoms with Gasteiger partial charge < -0.3 is 15.3 Å². The van der Waals surface area contributed by atoms with Gasteiger partial charge in [-0.15, -0.1) is 0 Å². The summed E-state index contributed by atoms with van der Waals surface area (Å²) in [4.78, 5) is 23.0. The molecule has 0 radical (unpaired) electrons. The molecule has 0 unspecified atom stereocenters. The smallest absolute Gasteiger partial charge is 0.323 e. The molecule has 6 nitrogen and oxygen atoms in total. The molecule has 2 N–H and O–H groups in total. The highest BCUT2D eigenvalue weighted by atomic mass is 16.4. The Kier molecular flexibility index (Phi) is 4.69. The van der Waals surface area contributed by atoms with E-state index < -0.39 is 12.0 Å². The Morgan fingerprint density at radius 1 is 1.39 bits per heavy atom. The number of nitriles is 1. The number of carbonyl (C=O) groups excluding carboxylic acids is 1. The molecule has 0 aliphatic heterocycles. The van der Waals surface area contributed by atoms with E-state index in [-0.39, 0.29) is 6.54 Å². The van der Waals surface area contributed by atoms with E-state index in [1.165, 1.54) is 7.05 Å². The third-order valence-electron chi connectivity index (χ3n) is 2.21. The molecule has 0 bridgehead atoms. The van der Waals surface area contributed by atoms with Crippen LogP contribution in [0.1, 0.15) is 5.56 Å². The molecule has 2 amide bonds. The van der Waals surface area contributed by atoms with Crippen molar-refractivity contribution in [3.05, 3.63) is 29.8 Å². The lowest BCUT2D eigenvalue weighted by atomic mass is 10.1. The minimum atomic E-state index is -1.07. The van der Waals surface area contributed by atoms with Crippen LogP contribution in [0, 0.1) is 11.3 Å². The van der Waals surface area contributed by atoms with Gasteiger partial charge in [0.15, 0.2) is 0 Å². The maximum atomic E-state index is 11.6. The number of amides is 2. The SMILES string of the molecule is CN(CC(=O)O)C(=O)Nc1ccc(CC#N)cc1. The molecule has 1 aromatic rings. The van der Waals surface area contributed by atoms with Gasteiger partial charge in [0.25, 0.3) is 0 Å². The van der Waals surface area contributed by atoms with Crippen molar-refractivity contribution in [2.24, 2.45) is 0 Å². The monoisotopic (exact) mass is 247 g/mol. The summed E-state index contributed by atoms with van der Waals surface area (Å²) in [5.41, 5.74) is 1.41. The number of carboxylic acid groups (broad SMARTS) is 1. The molecule has 6 heteroatoms. The number of urea groups is 1. The molecule has 0 aromatic heterocycles. The van der Waals surface area contributed by atoms with E-state index in [4.69, 9.17) is 10.4 Å². The number of likely N-dealkylation sites (N-methyl/N-ethyl adjacent to an activating group) is 1. The molecule has 0 fully saturated rings. The second-order valence-electron chi connectivity index (χ2n) is 3.71. The van der Waals surface area contributed by atoms with Gasteiger partial charge >= 0.3 is 12.0 Å². The zero-order valence-corrected chi connectivity index (χ0v) is 9.88. The largest absolute Gasteiger partial charge is 0.480 e. The Hall–Kier alpha value is -2.55. The van der Waals surface area contributed by atoms with Gasteiger partial charge in [0.2, 0.25) is 0 Å². The van der Waals surface area contributed by atoms with Crippen LogP contribution in [0.5, 0.6) is 0 Å². The molecule has 0 saturated carbocycles. The highest BCUT2D eigenvalue weighted by Gasteiger charge is 2.11. The first-order valence-electron chi connectivity index (χ1n) is 5.22. The Morgan fingerprint density at radius 2 is 2.00 bits per heavy atom. The molecule has 18 heavy (non-hydrogen) atoms. The summed E-state index contributed by atoms with van der Waals surface area (Å²) in [5, 5.41) is 19.6. The summed E-state index contributed by atoms with van der Waals surface area (Å²) >= 11 is 0. The number of benzene rings is 1. The van der Waals surface area contributed by atoms with Crippen LogP contribution in [0.3, 0.4) is 0 Å². The molecule has 0 aliphatic rings. The first kappa shape index (κ1) is 13.5. The van der Waals surface area contributed by atoms with Crippen LogP contribution in [-0.4, -0.2) is 35.6 Å². The molecule has 94 valence electrons. The Balaban J connectivity index is 2.59. The summed E-state index contributed by atoms with van der Waals surface area (Å²) in [7, 11) is 1.40. The number of carbonyl (C=O) groups is 2. The highest BCUT2D eigenvalue weighted by molar-refractivity contribution is 5.91. The van der Waals surface area contributed by atoms with Crippen LogP contribution in [0.15, 0.2) is 24.3 Å². The van der Waals surface area contributed by atoms with Gasteiger partial charge in [-0.05, 0) is 17.7 Å². The van der Waals surface area contributed by atoms with Gasteiger partial charge in [-0.25, -0.2) is 4.79 Å². The zero-order valence-electron chi connectivity index (χ0n) is 9.88. The number of hydrogen-bond acceptors (Lipinski definition) is 3. The maximum absolute atomic E-state index is 11.6. The van der Waals surface area contributed by atoms with Crippen molar-refractivity contribution in [3.8, 4) is 6.07 Å². The number of carboxylic acids is 1. The lowest BCUT2D eigenvalue weighted by Gasteiger charge is -2.15. The molecule has 0 aliphatic carbocycles. The minimum absolute atomic E-state index is 0.313. The van der Waals surface area contributed by atoms with Gasteiger partial charge in [0, 0.05) is 12.7 Å². The quantitative estimate of drug-likeness (QED) is 0.838. The molecule has 0 atom stereocenters. The third kappa shape index (κ3) is 4.14. The first-order chi connectivity index (χ1) is 8.52. The van der Waals surface area contributed by atoms with Crippen LogP contribution >= 0.6 is 0 Å². The fourth-order valence-corrected chi connectivity index (χ4v) is 1.29. The van der Waals surface area contributed by atoms with Gasteiger partial charge in [0.1, 0.15) is 6.54 Å². The Morgan fingerprint density at radius 3 is 2.50 bits per heavy atom.